The largest absolute Gasteiger partial charge is 0.288 e. The first kappa shape index (κ1) is 14.8. The quantitative estimate of drug-likeness (QED) is 0.631. The monoisotopic (exact) mass is 356 g/mol. The third-order valence-electron chi connectivity index (χ3n) is 2.85. The van der Waals surface area contributed by atoms with Gasteiger partial charge in [-0.25, -0.2) is 0 Å². The van der Waals surface area contributed by atoms with Crippen LogP contribution in [0.5, 0.6) is 0 Å². The highest BCUT2D eigenvalue weighted by molar-refractivity contribution is 9.10. The third kappa shape index (κ3) is 3.10. The predicted octanol–water partition coefficient (Wildman–Crippen LogP) is 5.69. The zero-order valence-corrected chi connectivity index (χ0v) is 14.1. The summed E-state index contributed by atoms with van der Waals surface area (Å²) in [5.74, 6) is 0.0307. The van der Waals surface area contributed by atoms with Crippen LogP contribution in [0.25, 0.3) is 0 Å². The molecule has 19 heavy (non-hydrogen) atoms. The molecule has 0 aliphatic rings. The van der Waals surface area contributed by atoms with Crippen molar-refractivity contribution in [2.75, 3.05) is 0 Å². The topological polar surface area (TPSA) is 17.1 Å². The van der Waals surface area contributed by atoms with Gasteiger partial charge in [0.05, 0.1) is 4.88 Å². The van der Waals surface area contributed by atoms with Crippen LogP contribution in [-0.4, -0.2) is 5.78 Å². The molecule has 0 atom stereocenters. The van der Waals surface area contributed by atoms with Crippen LogP contribution in [0.2, 0.25) is 4.34 Å². The normalized spacial score (nSPS) is 11.6. The van der Waals surface area contributed by atoms with Gasteiger partial charge in [0.2, 0.25) is 5.78 Å². The molecule has 0 bridgehead atoms. The van der Waals surface area contributed by atoms with Crippen molar-refractivity contribution < 1.29 is 4.79 Å². The van der Waals surface area contributed by atoms with Crippen molar-refractivity contribution >= 4 is 44.7 Å². The van der Waals surface area contributed by atoms with Crippen LogP contribution >= 0.6 is 38.9 Å². The minimum Gasteiger partial charge on any atom is -0.288 e. The van der Waals surface area contributed by atoms with Crippen LogP contribution in [0.15, 0.2) is 34.8 Å². The van der Waals surface area contributed by atoms with E-state index in [2.05, 4.69) is 36.7 Å². The zero-order chi connectivity index (χ0) is 14.2. The molecule has 1 aromatic heterocycles. The lowest BCUT2D eigenvalue weighted by Crippen LogP contribution is -2.16. The number of halogens is 2. The number of hydrogen-bond donors (Lipinski definition) is 0. The smallest absolute Gasteiger partial charge is 0.203 e. The maximum Gasteiger partial charge on any atom is 0.203 e. The summed E-state index contributed by atoms with van der Waals surface area (Å²) in [6.45, 7) is 6.32. The molecule has 0 fully saturated rings. The Bertz CT molecular complexity index is 606. The first-order valence-electron chi connectivity index (χ1n) is 5.90. The summed E-state index contributed by atoms with van der Waals surface area (Å²) in [5, 5.41) is 0. The van der Waals surface area contributed by atoms with E-state index in [-0.39, 0.29) is 11.2 Å². The molecule has 0 saturated heterocycles. The van der Waals surface area contributed by atoms with E-state index in [9.17, 15) is 4.79 Å². The van der Waals surface area contributed by atoms with E-state index in [1.807, 2.05) is 24.3 Å². The van der Waals surface area contributed by atoms with Gasteiger partial charge in [-0.05, 0) is 33.0 Å². The number of hydrogen-bond acceptors (Lipinski definition) is 2. The minimum atomic E-state index is -0.0649. The van der Waals surface area contributed by atoms with E-state index in [1.165, 1.54) is 11.3 Å². The van der Waals surface area contributed by atoms with Crippen molar-refractivity contribution in [3.05, 3.63) is 55.1 Å². The molecule has 0 unspecified atom stereocenters. The fraction of sp³-hybridized carbons (Fsp3) is 0.267. The second kappa shape index (κ2) is 5.39. The molecule has 0 spiro atoms. The summed E-state index contributed by atoms with van der Waals surface area (Å²) >= 11 is 10.7. The molecule has 2 aromatic rings. The number of benzene rings is 1. The van der Waals surface area contributed by atoms with Crippen molar-refractivity contribution in [2.45, 2.75) is 26.2 Å². The molecule has 2 rings (SSSR count). The molecule has 0 amide bonds. The van der Waals surface area contributed by atoms with Gasteiger partial charge in [0.15, 0.2) is 0 Å². The number of rotatable bonds is 2. The summed E-state index contributed by atoms with van der Waals surface area (Å²) in [7, 11) is 0. The molecule has 0 saturated carbocycles. The Morgan fingerprint density at radius 1 is 1.26 bits per heavy atom. The highest BCUT2D eigenvalue weighted by Gasteiger charge is 2.23. The zero-order valence-electron chi connectivity index (χ0n) is 11.0. The van der Waals surface area contributed by atoms with Gasteiger partial charge >= 0.3 is 0 Å². The second-order valence-corrected chi connectivity index (χ2v) is 7.87. The van der Waals surface area contributed by atoms with Crippen LogP contribution in [-0.2, 0) is 5.41 Å². The maximum atomic E-state index is 12.6. The average molecular weight is 358 g/mol. The van der Waals surface area contributed by atoms with E-state index < -0.39 is 0 Å². The van der Waals surface area contributed by atoms with Crippen LogP contribution in [0.1, 0.15) is 41.6 Å². The minimum absolute atomic E-state index is 0.0307. The summed E-state index contributed by atoms with van der Waals surface area (Å²) < 4.78 is 1.38. The Morgan fingerprint density at radius 2 is 1.89 bits per heavy atom. The molecule has 0 N–H and O–H groups in total. The number of ketones is 1. The van der Waals surface area contributed by atoms with Crippen molar-refractivity contribution in [1.82, 2.24) is 0 Å². The van der Waals surface area contributed by atoms with Crippen LogP contribution in [0.3, 0.4) is 0 Å². The molecule has 0 radical (unpaired) electrons. The van der Waals surface area contributed by atoms with Crippen LogP contribution in [0.4, 0.5) is 0 Å². The Kier molecular flexibility index (Phi) is 4.19. The molecule has 0 aliphatic heterocycles. The molecule has 1 aromatic carbocycles. The number of thiophene rings is 1. The van der Waals surface area contributed by atoms with E-state index in [4.69, 9.17) is 11.6 Å². The van der Waals surface area contributed by atoms with E-state index in [1.54, 1.807) is 6.07 Å². The fourth-order valence-electron chi connectivity index (χ4n) is 1.93. The predicted molar refractivity (Wildman–Crippen MR) is 85.6 cm³/mol. The van der Waals surface area contributed by atoms with Crippen molar-refractivity contribution in [2.24, 2.45) is 0 Å². The van der Waals surface area contributed by atoms with E-state index in [0.717, 1.165) is 15.6 Å². The molecule has 0 aliphatic carbocycles. The summed E-state index contributed by atoms with van der Waals surface area (Å²) in [5.41, 5.74) is 1.74. The van der Waals surface area contributed by atoms with Gasteiger partial charge in [0.25, 0.3) is 0 Å². The van der Waals surface area contributed by atoms with Gasteiger partial charge in [-0.1, -0.05) is 56.6 Å². The first-order chi connectivity index (χ1) is 8.80. The Morgan fingerprint density at radius 3 is 2.42 bits per heavy atom. The Labute approximate surface area is 130 Å². The van der Waals surface area contributed by atoms with Crippen LogP contribution < -0.4 is 0 Å². The average Bonchev–Trinajstić information content (AvgIpc) is 2.68. The summed E-state index contributed by atoms with van der Waals surface area (Å²) in [6.07, 6.45) is 0. The molecule has 4 heteroatoms. The Balaban J connectivity index is 2.51. The Hall–Kier alpha value is -0.640. The van der Waals surface area contributed by atoms with Gasteiger partial charge < -0.3 is 0 Å². The number of carbonyl (C=O) groups excluding carboxylic acids is 1. The van der Waals surface area contributed by atoms with Crippen molar-refractivity contribution in [3.8, 4) is 0 Å². The van der Waals surface area contributed by atoms with E-state index in [0.29, 0.717) is 9.21 Å². The first-order valence-corrected chi connectivity index (χ1v) is 7.88. The highest BCUT2D eigenvalue weighted by atomic mass is 79.9. The van der Waals surface area contributed by atoms with Gasteiger partial charge in [-0.3, -0.25) is 4.79 Å². The molecular formula is C15H14BrClOS. The van der Waals surface area contributed by atoms with Gasteiger partial charge in [0.1, 0.15) is 4.34 Å². The standard InChI is InChI=1S/C15H14BrClOS/c1-15(2,3)10-7-5-4-6-9(10)13(18)12-8-11(16)14(17)19-12/h4-8H,1-3H3. The molecule has 1 heterocycles. The highest BCUT2D eigenvalue weighted by Crippen LogP contribution is 2.35. The summed E-state index contributed by atoms with van der Waals surface area (Å²) in [6, 6.07) is 9.54. The molecule has 1 nitrogen and oxygen atoms in total. The molecule has 100 valence electrons. The lowest BCUT2D eigenvalue weighted by atomic mass is 9.82. The van der Waals surface area contributed by atoms with Gasteiger partial charge in [0, 0.05) is 10.0 Å². The number of carbonyl (C=O) groups is 1. The second-order valence-electron chi connectivity index (χ2n) is 5.36. The van der Waals surface area contributed by atoms with Crippen molar-refractivity contribution in [3.63, 3.8) is 0 Å². The SMILES string of the molecule is CC(C)(C)c1ccccc1C(=O)c1cc(Br)c(Cl)s1. The van der Waals surface area contributed by atoms with Crippen LogP contribution in [0, 0.1) is 0 Å². The third-order valence-corrected chi connectivity index (χ3v) is 5.32. The lowest BCUT2D eigenvalue weighted by Gasteiger charge is -2.21. The van der Waals surface area contributed by atoms with Gasteiger partial charge in [-0.15, -0.1) is 11.3 Å². The lowest BCUT2D eigenvalue weighted by molar-refractivity contribution is 0.104. The summed E-state index contributed by atoms with van der Waals surface area (Å²) in [4.78, 5) is 13.3. The fourth-order valence-corrected chi connectivity index (χ4v) is 3.58. The molecular weight excluding hydrogens is 344 g/mol. The van der Waals surface area contributed by atoms with Gasteiger partial charge in [-0.2, -0.15) is 0 Å². The van der Waals surface area contributed by atoms with Crippen molar-refractivity contribution in [1.29, 1.82) is 0 Å². The van der Waals surface area contributed by atoms with E-state index >= 15 is 0 Å². The maximum absolute atomic E-state index is 12.6.